The molecular weight excluding hydrogens is 447 g/mol. The average molecular weight is 463 g/mol. The van der Waals surface area contributed by atoms with Crippen molar-refractivity contribution in [2.24, 2.45) is 4.99 Å². The average Bonchev–Trinajstić information content (AvgIpc) is 3.06. The van der Waals surface area contributed by atoms with E-state index in [4.69, 9.17) is 0 Å². The van der Waals surface area contributed by atoms with Gasteiger partial charge in [-0.3, -0.25) is 10.1 Å². The summed E-state index contributed by atoms with van der Waals surface area (Å²) >= 11 is 3.41. The minimum atomic E-state index is 0. The first-order valence-corrected chi connectivity index (χ1v) is 7.18. The molecule has 2 heterocycles. The normalized spacial score (nSPS) is 13.8. The van der Waals surface area contributed by atoms with Crippen molar-refractivity contribution in [1.29, 1.82) is 0 Å². The minimum Gasteiger partial charge on any atom is -0.349 e. The first-order chi connectivity index (χ1) is 9.72. The lowest BCUT2D eigenvalue weighted by atomic mass is 10.2. The van der Waals surface area contributed by atoms with Crippen molar-refractivity contribution in [3.63, 3.8) is 0 Å². The molecule has 2 aromatic rings. The van der Waals surface area contributed by atoms with Gasteiger partial charge in [0.25, 0.3) is 0 Å². The van der Waals surface area contributed by atoms with Crippen LogP contribution in [0.15, 0.2) is 33.7 Å². The highest BCUT2D eigenvalue weighted by Gasteiger charge is 2.12. The Balaban J connectivity index is 0.00000161. The maximum Gasteiger partial charge on any atom is 0.194 e. The fraction of sp³-hybridized carbons (Fsp3) is 0.308. The third kappa shape index (κ3) is 3.94. The molecule has 112 valence electrons. The van der Waals surface area contributed by atoms with Crippen molar-refractivity contribution in [2.75, 3.05) is 20.1 Å². The Morgan fingerprint density at radius 3 is 2.76 bits per heavy atom. The molecule has 3 rings (SSSR count). The van der Waals surface area contributed by atoms with Crippen LogP contribution in [0.3, 0.4) is 0 Å². The van der Waals surface area contributed by atoms with E-state index in [9.17, 15) is 0 Å². The molecule has 0 unspecified atom stereocenters. The summed E-state index contributed by atoms with van der Waals surface area (Å²) in [5.41, 5.74) is 0.992. The summed E-state index contributed by atoms with van der Waals surface area (Å²) in [6.45, 7) is 2.40. The zero-order chi connectivity index (χ0) is 13.9. The van der Waals surface area contributed by atoms with Crippen molar-refractivity contribution < 1.29 is 0 Å². The Bertz CT molecular complexity index is 624. The molecule has 0 saturated carbocycles. The maximum atomic E-state index is 4.48. The van der Waals surface area contributed by atoms with Crippen molar-refractivity contribution in [2.45, 2.75) is 6.54 Å². The fourth-order valence-corrected chi connectivity index (χ4v) is 2.25. The lowest BCUT2D eigenvalue weighted by Crippen LogP contribution is -2.35. The summed E-state index contributed by atoms with van der Waals surface area (Å²) in [7, 11) is 2.02. The van der Waals surface area contributed by atoms with Crippen molar-refractivity contribution >= 4 is 45.9 Å². The first kappa shape index (κ1) is 16.2. The van der Waals surface area contributed by atoms with Gasteiger partial charge in [-0.05, 0) is 12.1 Å². The Morgan fingerprint density at radius 2 is 2.10 bits per heavy atom. The summed E-state index contributed by atoms with van der Waals surface area (Å²) in [5.74, 6) is 2.41. The molecule has 8 heteroatoms. The number of benzene rings is 1. The number of aliphatic imine (C=N–C) groups is 1. The number of guanidine groups is 1. The van der Waals surface area contributed by atoms with Gasteiger partial charge in [-0.15, -0.1) is 24.0 Å². The van der Waals surface area contributed by atoms with E-state index in [-0.39, 0.29) is 24.0 Å². The van der Waals surface area contributed by atoms with Crippen LogP contribution in [-0.4, -0.2) is 46.2 Å². The van der Waals surface area contributed by atoms with Crippen LogP contribution < -0.4 is 5.32 Å². The number of H-pyrrole nitrogens is 1. The van der Waals surface area contributed by atoms with Gasteiger partial charge in [0, 0.05) is 23.6 Å². The summed E-state index contributed by atoms with van der Waals surface area (Å²) in [6.07, 6.45) is 0. The van der Waals surface area contributed by atoms with E-state index in [1.54, 1.807) is 0 Å². The quantitative estimate of drug-likeness (QED) is 0.686. The molecule has 1 aromatic heterocycles. The highest BCUT2D eigenvalue weighted by atomic mass is 127. The monoisotopic (exact) mass is 462 g/mol. The molecular formula is C13H16BrIN6. The number of likely N-dealkylation sites (N-methyl/N-ethyl adjacent to an activating group) is 1. The molecule has 0 fully saturated rings. The van der Waals surface area contributed by atoms with Gasteiger partial charge in [0.1, 0.15) is 5.82 Å². The lowest BCUT2D eigenvalue weighted by Gasteiger charge is -2.13. The Morgan fingerprint density at radius 1 is 1.33 bits per heavy atom. The Labute approximate surface area is 148 Å². The highest BCUT2D eigenvalue weighted by Crippen LogP contribution is 2.18. The SMILES string of the molecule is CN1CCN=C1NCc1nc(-c2ccc(Br)cc2)n[nH]1.I. The number of aromatic amines is 1. The molecule has 0 aliphatic carbocycles. The van der Waals surface area contributed by atoms with Crippen LogP contribution in [0.2, 0.25) is 0 Å². The standard InChI is InChI=1S/C13H15BrN6.HI/c1-20-7-6-15-13(20)16-8-11-17-12(19-18-11)9-2-4-10(14)5-3-9;/h2-5H,6-8H2,1H3,(H,15,16)(H,17,18,19);1H. The first-order valence-electron chi connectivity index (χ1n) is 6.39. The molecule has 1 aliphatic rings. The van der Waals surface area contributed by atoms with Crippen LogP contribution in [0.4, 0.5) is 0 Å². The number of hydrogen-bond donors (Lipinski definition) is 2. The zero-order valence-electron chi connectivity index (χ0n) is 11.5. The van der Waals surface area contributed by atoms with Crippen LogP contribution in [0.1, 0.15) is 5.82 Å². The molecule has 0 atom stereocenters. The zero-order valence-corrected chi connectivity index (χ0v) is 15.4. The van der Waals surface area contributed by atoms with Crippen LogP contribution in [0, 0.1) is 0 Å². The molecule has 1 aromatic carbocycles. The van der Waals surface area contributed by atoms with Gasteiger partial charge in [0.15, 0.2) is 11.8 Å². The van der Waals surface area contributed by atoms with Gasteiger partial charge in [-0.1, -0.05) is 28.1 Å². The third-order valence-electron chi connectivity index (χ3n) is 3.11. The predicted molar refractivity (Wildman–Crippen MR) is 96.7 cm³/mol. The molecule has 0 radical (unpaired) electrons. The third-order valence-corrected chi connectivity index (χ3v) is 3.64. The summed E-state index contributed by atoms with van der Waals surface area (Å²) in [4.78, 5) is 10.9. The number of nitrogens with one attached hydrogen (secondary N) is 2. The summed E-state index contributed by atoms with van der Waals surface area (Å²) in [6, 6.07) is 7.93. The van der Waals surface area contributed by atoms with Gasteiger partial charge in [0.05, 0.1) is 13.1 Å². The van der Waals surface area contributed by atoms with Crippen LogP contribution in [-0.2, 0) is 6.54 Å². The van der Waals surface area contributed by atoms with Crippen LogP contribution >= 0.6 is 39.9 Å². The molecule has 0 bridgehead atoms. The number of rotatable bonds is 3. The van der Waals surface area contributed by atoms with Gasteiger partial charge < -0.3 is 10.2 Å². The van der Waals surface area contributed by atoms with E-state index in [1.807, 2.05) is 31.3 Å². The molecule has 2 N–H and O–H groups in total. The maximum absolute atomic E-state index is 4.48. The van der Waals surface area contributed by atoms with E-state index in [0.717, 1.165) is 34.9 Å². The lowest BCUT2D eigenvalue weighted by molar-refractivity contribution is 0.532. The molecule has 0 saturated heterocycles. The molecule has 0 spiro atoms. The largest absolute Gasteiger partial charge is 0.349 e. The summed E-state index contributed by atoms with van der Waals surface area (Å²) < 4.78 is 1.04. The van der Waals surface area contributed by atoms with Crippen LogP contribution in [0.25, 0.3) is 11.4 Å². The van der Waals surface area contributed by atoms with Crippen molar-refractivity contribution in [1.82, 2.24) is 25.4 Å². The summed E-state index contributed by atoms with van der Waals surface area (Å²) in [5, 5.41) is 10.4. The Hall–Kier alpha value is -1.16. The van der Waals surface area contributed by atoms with Crippen molar-refractivity contribution in [3.05, 3.63) is 34.6 Å². The number of halogens is 2. The van der Waals surface area contributed by atoms with E-state index in [1.165, 1.54) is 0 Å². The number of nitrogens with zero attached hydrogens (tertiary/aromatic N) is 4. The van der Waals surface area contributed by atoms with Gasteiger partial charge in [0.2, 0.25) is 0 Å². The molecule has 6 nitrogen and oxygen atoms in total. The van der Waals surface area contributed by atoms with Gasteiger partial charge in [-0.2, -0.15) is 5.10 Å². The Kier molecular flexibility index (Phi) is 5.57. The van der Waals surface area contributed by atoms with Gasteiger partial charge >= 0.3 is 0 Å². The smallest absolute Gasteiger partial charge is 0.194 e. The van der Waals surface area contributed by atoms with E-state index < -0.39 is 0 Å². The molecule has 1 aliphatic heterocycles. The second kappa shape index (κ2) is 7.21. The van der Waals surface area contributed by atoms with E-state index in [2.05, 4.69) is 46.3 Å². The van der Waals surface area contributed by atoms with Crippen LogP contribution in [0.5, 0.6) is 0 Å². The van der Waals surface area contributed by atoms with Gasteiger partial charge in [-0.25, -0.2) is 4.98 Å². The predicted octanol–water partition coefficient (Wildman–Crippen LogP) is 2.24. The van der Waals surface area contributed by atoms with Crippen molar-refractivity contribution in [3.8, 4) is 11.4 Å². The second-order valence-electron chi connectivity index (χ2n) is 4.59. The number of aromatic nitrogens is 3. The fourth-order valence-electron chi connectivity index (χ4n) is 1.99. The van der Waals surface area contributed by atoms with E-state index in [0.29, 0.717) is 12.4 Å². The molecule has 21 heavy (non-hydrogen) atoms. The second-order valence-corrected chi connectivity index (χ2v) is 5.51. The highest BCUT2D eigenvalue weighted by molar-refractivity contribution is 14.0. The minimum absolute atomic E-state index is 0. The van der Waals surface area contributed by atoms with E-state index >= 15 is 0 Å². The number of hydrogen-bond acceptors (Lipinski definition) is 5. The topological polar surface area (TPSA) is 69.2 Å². The molecule has 0 amide bonds.